The molecule has 0 spiro atoms. The summed E-state index contributed by atoms with van der Waals surface area (Å²) in [7, 11) is 0. The van der Waals surface area contributed by atoms with E-state index in [0.717, 1.165) is 5.56 Å². The van der Waals surface area contributed by atoms with Gasteiger partial charge in [-0.1, -0.05) is 41.6 Å². The first kappa shape index (κ1) is 13.4. The highest BCUT2D eigenvalue weighted by molar-refractivity contribution is 8.03. The van der Waals surface area contributed by atoms with Crippen molar-refractivity contribution in [3.8, 4) is 5.75 Å². The Morgan fingerprint density at radius 1 is 1.44 bits per heavy atom. The van der Waals surface area contributed by atoms with Crippen molar-refractivity contribution in [2.45, 2.75) is 29.8 Å². The molecular formula is C13H13ClNO2S. The molecule has 2 atom stereocenters. The molecule has 1 aliphatic heterocycles. The number of ether oxygens (including phenoxy) is 1. The van der Waals surface area contributed by atoms with Crippen molar-refractivity contribution in [2.24, 2.45) is 4.99 Å². The van der Waals surface area contributed by atoms with Crippen molar-refractivity contribution in [1.82, 2.24) is 0 Å². The van der Waals surface area contributed by atoms with E-state index in [1.807, 2.05) is 32.0 Å². The van der Waals surface area contributed by atoms with Crippen LogP contribution in [0.15, 0.2) is 29.3 Å². The van der Waals surface area contributed by atoms with E-state index in [-0.39, 0.29) is 5.97 Å². The summed E-state index contributed by atoms with van der Waals surface area (Å²) in [5.41, 5.74) is 0.846. The number of hydrogen-bond acceptors (Lipinski definition) is 4. The standard InChI is InChI=1S/C13H13ClNO2S/c1-9(16)17-11-7-5-4-6-10(11)12(2)8-15-13(3,14)18-12/h4-7H,1-3H3. The molecule has 0 N–H and O–H groups in total. The molecule has 0 saturated heterocycles. The number of esters is 1. The first-order chi connectivity index (χ1) is 8.32. The van der Waals surface area contributed by atoms with Gasteiger partial charge in [0.1, 0.15) is 5.75 Å². The van der Waals surface area contributed by atoms with Crippen molar-refractivity contribution < 1.29 is 9.53 Å². The van der Waals surface area contributed by atoms with Crippen LogP contribution in [0.1, 0.15) is 26.3 Å². The average molecular weight is 283 g/mol. The van der Waals surface area contributed by atoms with Gasteiger partial charge in [0.15, 0.2) is 4.33 Å². The summed E-state index contributed by atoms with van der Waals surface area (Å²) in [5, 5.41) is 0. The molecule has 0 saturated carbocycles. The molecule has 2 unspecified atom stereocenters. The molecule has 1 heterocycles. The third-order valence-electron chi connectivity index (χ3n) is 2.51. The summed E-state index contributed by atoms with van der Waals surface area (Å²) < 4.78 is 3.98. The summed E-state index contributed by atoms with van der Waals surface area (Å²) in [6.07, 6.45) is 3.02. The first-order valence-corrected chi connectivity index (χ1v) is 6.68. The Labute approximate surface area is 116 Å². The van der Waals surface area contributed by atoms with Gasteiger partial charge in [0.25, 0.3) is 0 Å². The van der Waals surface area contributed by atoms with Crippen molar-refractivity contribution >= 4 is 35.5 Å². The van der Waals surface area contributed by atoms with E-state index in [1.165, 1.54) is 18.7 Å². The number of aliphatic imine (C=N–C) groups is 1. The molecule has 0 aromatic heterocycles. The Morgan fingerprint density at radius 3 is 2.67 bits per heavy atom. The van der Waals surface area contributed by atoms with Crippen LogP contribution in [0.3, 0.4) is 0 Å². The largest absolute Gasteiger partial charge is 0.426 e. The fraction of sp³-hybridized carbons (Fsp3) is 0.385. The lowest BCUT2D eigenvalue weighted by molar-refractivity contribution is -0.131. The molecule has 5 heteroatoms. The molecule has 3 nitrogen and oxygen atoms in total. The normalized spacial score (nSPS) is 30.4. The quantitative estimate of drug-likeness (QED) is 0.361. The Balaban J connectivity index is 2.40. The zero-order valence-corrected chi connectivity index (χ0v) is 11.9. The number of alkyl halides is 1. The van der Waals surface area contributed by atoms with Gasteiger partial charge >= 0.3 is 5.97 Å². The zero-order chi connectivity index (χ0) is 13.4. The Morgan fingerprint density at radius 2 is 2.11 bits per heavy atom. The predicted molar refractivity (Wildman–Crippen MR) is 74.4 cm³/mol. The van der Waals surface area contributed by atoms with Crippen LogP contribution in [-0.4, -0.2) is 16.5 Å². The number of nitrogens with zero attached hydrogens (tertiary/aromatic N) is 1. The molecule has 18 heavy (non-hydrogen) atoms. The van der Waals surface area contributed by atoms with Crippen LogP contribution in [-0.2, 0) is 9.54 Å². The van der Waals surface area contributed by atoms with E-state index in [1.54, 1.807) is 6.07 Å². The maximum Gasteiger partial charge on any atom is 0.308 e. The summed E-state index contributed by atoms with van der Waals surface area (Å²) in [5.74, 6) is 0.177. The van der Waals surface area contributed by atoms with E-state index in [9.17, 15) is 4.79 Å². The van der Waals surface area contributed by atoms with E-state index < -0.39 is 9.08 Å². The van der Waals surface area contributed by atoms with Crippen LogP contribution in [0, 0.1) is 0 Å². The molecule has 0 aliphatic carbocycles. The lowest BCUT2D eigenvalue weighted by atomic mass is 10.0. The van der Waals surface area contributed by atoms with Crippen LogP contribution in [0.2, 0.25) is 0 Å². The van der Waals surface area contributed by atoms with E-state index in [2.05, 4.69) is 11.2 Å². The second-order valence-corrected chi connectivity index (χ2v) is 7.09. The van der Waals surface area contributed by atoms with Gasteiger partial charge in [-0.15, -0.1) is 0 Å². The number of benzene rings is 1. The smallest absolute Gasteiger partial charge is 0.308 e. The Bertz CT molecular complexity index is 515. The van der Waals surface area contributed by atoms with Crippen molar-refractivity contribution in [2.75, 3.05) is 0 Å². The molecule has 95 valence electrons. The highest BCUT2D eigenvalue weighted by Crippen LogP contribution is 2.52. The Hall–Kier alpha value is -1.000. The van der Waals surface area contributed by atoms with Crippen LogP contribution < -0.4 is 4.74 Å². The van der Waals surface area contributed by atoms with Gasteiger partial charge in [-0.2, -0.15) is 0 Å². The fourth-order valence-corrected chi connectivity index (χ4v) is 3.56. The van der Waals surface area contributed by atoms with Gasteiger partial charge in [0.05, 0.1) is 11.0 Å². The summed E-state index contributed by atoms with van der Waals surface area (Å²) in [4.78, 5) is 15.3. The first-order valence-electron chi connectivity index (χ1n) is 5.48. The Kier molecular flexibility index (Phi) is 3.43. The van der Waals surface area contributed by atoms with E-state index in [0.29, 0.717) is 5.75 Å². The predicted octanol–water partition coefficient (Wildman–Crippen LogP) is 3.43. The van der Waals surface area contributed by atoms with Gasteiger partial charge in [-0.25, -0.2) is 0 Å². The van der Waals surface area contributed by atoms with Gasteiger partial charge < -0.3 is 4.74 Å². The molecule has 0 amide bonds. The van der Waals surface area contributed by atoms with Crippen LogP contribution in [0.4, 0.5) is 0 Å². The van der Waals surface area contributed by atoms with E-state index >= 15 is 0 Å². The zero-order valence-electron chi connectivity index (χ0n) is 10.4. The highest BCUT2D eigenvalue weighted by atomic mass is 35.5. The maximum atomic E-state index is 11.1. The van der Waals surface area contributed by atoms with Gasteiger partial charge in [-0.3, -0.25) is 9.79 Å². The third-order valence-corrected chi connectivity index (χ3v) is 4.01. The van der Waals surface area contributed by atoms with Crippen LogP contribution >= 0.6 is 23.4 Å². The second-order valence-electron chi connectivity index (χ2n) is 4.32. The number of rotatable bonds is 2. The van der Waals surface area contributed by atoms with Crippen LogP contribution in [0.5, 0.6) is 5.75 Å². The average Bonchev–Trinajstić information content (AvgIpc) is 2.54. The lowest BCUT2D eigenvalue weighted by Crippen LogP contribution is -2.20. The van der Waals surface area contributed by atoms with Crippen LogP contribution in [0.25, 0.3) is 0 Å². The number of hydrogen-bond donors (Lipinski definition) is 0. The number of para-hydroxylation sites is 1. The molecular weight excluding hydrogens is 270 g/mol. The third kappa shape index (κ3) is 2.70. The number of carbonyl (C=O) groups excluding carboxylic acids is 1. The minimum atomic E-state index is -0.724. The van der Waals surface area contributed by atoms with Gasteiger partial charge in [-0.05, 0) is 19.9 Å². The van der Waals surface area contributed by atoms with Crippen molar-refractivity contribution in [1.29, 1.82) is 0 Å². The summed E-state index contributed by atoms with van der Waals surface area (Å²) in [6, 6.07) is 7.36. The number of carbonyl (C=O) groups is 1. The number of thioether (sulfide) groups is 1. The number of halogens is 1. The van der Waals surface area contributed by atoms with Gasteiger partial charge in [0.2, 0.25) is 0 Å². The molecule has 1 aliphatic rings. The molecule has 1 aromatic carbocycles. The van der Waals surface area contributed by atoms with Gasteiger partial charge in [0, 0.05) is 12.5 Å². The SMILES string of the molecule is CC(=O)Oc1ccccc1C1(C)[C]=NC(C)(Cl)S1. The van der Waals surface area contributed by atoms with E-state index in [4.69, 9.17) is 16.3 Å². The molecule has 1 radical (unpaired) electrons. The molecule has 2 rings (SSSR count). The molecule has 0 fully saturated rings. The lowest BCUT2D eigenvalue weighted by Gasteiger charge is -2.24. The fourth-order valence-electron chi connectivity index (χ4n) is 1.84. The summed E-state index contributed by atoms with van der Waals surface area (Å²) >= 11 is 7.65. The minimum Gasteiger partial charge on any atom is -0.426 e. The highest BCUT2D eigenvalue weighted by Gasteiger charge is 2.42. The minimum absolute atomic E-state index is 0.348. The summed E-state index contributed by atoms with van der Waals surface area (Å²) in [6.45, 7) is 5.15. The monoisotopic (exact) mass is 282 g/mol. The molecule has 0 bridgehead atoms. The second kappa shape index (κ2) is 4.59. The van der Waals surface area contributed by atoms with Crippen molar-refractivity contribution in [3.63, 3.8) is 0 Å². The maximum absolute atomic E-state index is 11.1. The molecule has 1 aromatic rings. The van der Waals surface area contributed by atoms with Crippen molar-refractivity contribution in [3.05, 3.63) is 29.8 Å². The topological polar surface area (TPSA) is 38.7 Å².